The van der Waals surface area contributed by atoms with E-state index >= 15 is 0 Å². The van der Waals surface area contributed by atoms with Crippen molar-refractivity contribution in [1.82, 2.24) is 9.97 Å². The summed E-state index contributed by atoms with van der Waals surface area (Å²) in [6.07, 6.45) is -3.80. The summed E-state index contributed by atoms with van der Waals surface area (Å²) in [5.41, 5.74) is 0.228. The quantitative estimate of drug-likeness (QED) is 0.383. The molecule has 0 spiro atoms. The molecular formula is C17H11BrF3IN4. The van der Waals surface area contributed by atoms with Gasteiger partial charge >= 0.3 is 6.18 Å². The molecule has 26 heavy (non-hydrogen) atoms. The van der Waals surface area contributed by atoms with Crippen molar-refractivity contribution < 1.29 is 13.2 Å². The van der Waals surface area contributed by atoms with Gasteiger partial charge in [-0.15, -0.1) is 0 Å². The molecular weight excluding hydrogens is 524 g/mol. The number of hydrogen-bond donors (Lipinski definition) is 2. The van der Waals surface area contributed by atoms with Crippen molar-refractivity contribution in [3.63, 3.8) is 0 Å². The van der Waals surface area contributed by atoms with E-state index in [1.54, 1.807) is 36.4 Å². The zero-order valence-electron chi connectivity index (χ0n) is 13.0. The minimum atomic E-state index is -4.57. The summed E-state index contributed by atoms with van der Waals surface area (Å²) in [7, 11) is 0. The lowest BCUT2D eigenvalue weighted by molar-refractivity contribution is -0.137. The number of alkyl halides is 3. The molecule has 3 aromatic rings. The van der Waals surface area contributed by atoms with Crippen molar-refractivity contribution in [3.8, 4) is 0 Å². The number of halogens is 5. The lowest BCUT2D eigenvalue weighted by Gasteiger charge is -2.15. The maximum Gasteiger partial charge on any atom is 0.421 e. The molecule has 0 aliphatic heterocycles. The van der Waals surface area contributed by atoms with Gasteiger partial charge in [-0.3, -0.25) is 0 Å². The first-order chi connectivity index (χ1) is 12.3. The Morgan fingerprint density at radius 2 is 1.46 bits per heavy atom. The Morgan fingerprint density at radius 1 is 0.885 bits per heavy atom. The third-order valence-corrected chi connectivity index (χ3v) is 4.55. The highest BCUT2D eigenvalue weighted by Crippen LogP contribution is 2.35. The van der Waals surface area contributed by atoms with Crippen molar-refractivity contribution in [2.24, 2.45) is 0 Å². The highest BCUT2D eigenvalue weighted by Gasteiger charge is 2.35. The topological polar surface area (TPSA) is 49.8 Å². The number of hydrogen-bond acceptors (Lipinski definition) is 4. The summed E-state index contributed by atoms with van der Waals surface area (Å²) >= 11 is 5.45. The largest absolute Gasteiger partial charge is 0.421 e. The first kappa shape index (κ1) is 18.9. The van der Waals surface area contributed by atoms with Gasteiger partial charge in [0.15, 0.2) is 0 Å². The van der Waals surface area contributed by atoms with Crippen LogP contribution in [0.3, 0.4) is 0 Å². The van der Waals surface area contributed by atoms with Crippen molar-refractivity contribution >= 4 is 61.7 Å². The number of nitrogens with zero attached hydrogens (tertiary/aromatic N) is 2. The second kappa shape index (κ2) is 7.78. The van der Waals surface area contributed by atoms with Crippen molar-refractivity contribution in [1.29, 1.82) is 0 Å². The average molecular weight is 535 g/mol. The van der Waals surface area contributed by atoms with Crippen LogP contribution in [0.15, 0.2) is 59.2 Å². The van der Waals surface area contributed by atoms with Crippen LogP contribution in [-0.2, 0) is 6.18 Å². The fraction of sp³-hybridized carbons (Fsp3) is 0.0588. The minimum absolute atomic E-state index is 0.0684. The van der Waals surface area contributed by atoms with E-state index in [9.17, 15) is 13.2 Å². The minimum Gasteiger partial charge on any atom is -0.340 e. The highest BCUT2D eigenvalue weighted by atomic mass is 127. The zero-order valence-corrected chi connectivity index (χ0v) is 16.7. The molecule has 0 amide bonds. The molecule has 0 fully saturated rings. The molecule has 0 unspecified atom stereocenters. The second-order valence-corrected chi connectivity index (χ2v) is 7.38. The van der Waals surface area contributed by atoms with E-state index in [1.165, 1.54) is 0 Å². The molecule has 134 valence electrons. The van der Waals surface area contributed by atoms with Gasteiger partial charge in [0.2, 0.25) is 5.95 Å². The van der Waals surface area contributed by atoms with E-state index in [0.717, 1.165) is 14.2 Å². The average Bonchev–Trinajstić information content (AvgIpc) is 2.58. The Kier molecular flexibility index (Phi) is 5.66. The van der Waals surface area contributed by atoms with Gasteiger partial charge < -0.3 is 10.6 Å². The number of benzene rings is 2. The van der Waals surface area contributed by atoms with Gasteiger partial charge in [-0.25, -0.2) is 4.98 Å². The van der Waals surface area contributed by atoms with Gasteiger partial charge in [-0.2, -0.15) is 18.2 Å². The molecule has 2 N–H and O–H groups in total. The maximum absolute atomic E-state index is 13.3. The van der Waals surface area contributed by atoms with Gasteiger partial charge in [0.25, 0.3) is 0 Å². The molecule has 2 aromatic carbocycles. The normalized spacial score (nSPS) is 11.3. The number of nitrogens with one attached hydrogen (secondary N) is 2. The van der Waals surface area contributed by atoms with Crippen LogP contribution in [0.2, 0.25) is 0 Å². The smallest absolute Gasteiger partial charge is 0.340 e. The Morgan fingerprint density at radius 3 is 2.08 bits per heavy atom. The van der Waals surface area contributed by atoms with E-state index in [4.69, 9.17) is 0 Å². The van der Waals surface area contributed by atoms with Crippen LogP contribution in [0.1, 0.15) is 5.56 Å². The third-order valence-electron chi connectivity index (χ3n) is 3.30. The predicted octanol–water partition coefficient (Wildman–Crippen LogP) is 6.35. The molecule has 4 nitrogen and oxygen atoms in total. The fourth-order valence-electron chi connectivity index (χ4n) is 2.08. The molecule has 0 atom stereocenters. The van der Waals surface area contributed by atoms with Crippen LogP contribution in [0.4, 0.5) is 36.3 Å². The maximum atomic E-state index is 13.3. The van der Waals surface area contributed by atoms with Crippen LogP contribution in [0, 0.1) is 3.57 Å². The SMILES string of the molecule is FC(F)(F)c1cnc(Nc2ccc(I)cc2)nc1Nc1ccc(Br)cc1. The van der Waals surface area contributed by atoms with Crippen LogP contribution < -0.4 is 10.6 Å². The molecule has 0 bridgehead atoms. The van der Waals surface area contributed by atoms with Gasteiger partial charge in [-0.05, 0) is 71.1 Å². The summed E-state index contributed by atoms with van der Waals surface area (Å²) in [5, 5.41) is 5.61. The summed E-state index contributed by atoms with van der Waals surface area (Å²) in [6, 6.07) is 14.1. The molecule has 1 heterocycles. The summed E-state index contributed by atoms with van der Waals surface area (Å²) in [6.45, 7) is 0. The lowest BCUT2D eigenvalue weighted by Crippen LogP contribution is -2.12. The first-order valence-corrected chi connectivity index (χ1v) is 9.18. The van der Waals surface area contributed by atoms with Gasteiger partial charge in [-0.1, -0.05) is 15.9 Å². The van der Waals surface area contributed by atoms with E-state index in [-0.39, 0.29) is 11.8 Å². The Balaban J connectivity index is 1.93. The molecule has 0 aliphatic rings. The summed E-state index contributed by atoms with van der Waals surface area (Å²) in [5.74, 6) is -0.248. The molecule has 0 saturated carbocycles. The first-order valence-electron chi connectivity index (χ1n) is 7.31. The third kappa shape index (κ3) is 4.85. The Hall–Kier alpha value is -1.88. The van der Waals surface area contributed by atoms with Crippen LogP contribution >= 0.6 is 38.5 Å². The second-order valence-electron chi connectivity index (χ2n) is 5.22. The standard InChI is InChI=1S/C17H11BrF3IN4/c18-10-1-5-12(6-2-10)24-15-14(17(19,20)21)9-23-16(26-15)25-13-7-3-11(22)4-8-13/h1-9H,(H2,23,24,25,26). The van der Waals surface area contributed by atoms with Crippen molar-refractivity contribution in [2.75, 3.05) is 10.6 Å². The molecule has 0 saturated heterocycles. The Bertz CT molecular complexity index is 899. The molecule has 1 aromatic heterocycles. The van der Waals surface area contributed by atoms with Crippen LogP contribution in [0.5, 0.6) is 0 Å². The van der Waals surface area contributed by atoms with Gasteiger partial charge in [0, 0.05) is 25.6 Å². The van der Waals surface area contributed by atoms with E-state index < -0.39 is 11.7 Å². The van der Waals surface area contributed by atoms with Crippen molar-refractivity contribution in [3.05, 3.63) is 68.3 Å². The van der Waals surface area contributed by atoms with Crippen LogP contribution in [-0.4, -0.2) is 9.97 Å². The summed E-state index contributed by atoms with van der Waals surface area (Å²) in [4.78, 5) is 7.80. The lowest BCUT2D eigenvalue weighted by atomic mass is 10.2. The number of rotatable bonds is 4. The Labute approximate surface area is 169 Å². The monoisotopic (exact) mass is 534 g/mol. The molecule has 0 aliphatic carbocycles. The van der Waals surface area contributed by atoms with E-state index in [1.807, 2.05) is 12.1 Å². The van der Waals surface area contributed by atoms with Crippen LogP contribution in [0.25, 0.3) is 0 Å². The number of anilines is 4. The van der Waals surface area contributed by atoms with E-state index in [2.05, 4.69) is 59.1 Å². The molecule has 0 radical (unpaired) electrons. The highest BCUT2D eigenvalue weighted by molar-refractivity contribution is 14.1. The van der Waals surface area contributed by atoms with Gasteiger partial charge in [0.05, 0.1) is 0 Å². The van der Waals surface area contributed by atoms with Crippen molar-refractivity contribution in [2.45, 2.75) is 6.18 Å². The molecule has 3 rings (SSSR count). The summed E-state index contributed by atoms with van der Waals surface area (Å²) < 4.78 is 41.7. The fourth-order valence-corrected chi connectivity index (χ4v) is 2.70. The predicted molar refractivity (Wildman–Crippen MR) is 107 cm³/mol. The number of aromatic nitrogens is 2. The van der Waals surface area contributed by atoms with E-state index in [0.29, 0.717) is 11.4 Å². The zero-order chi connectivity index (χ0) is 18.7. The van der Waals surface area contributed by atoms with Gasteiger partial charge in [0.1, 0.15) is 11.4 Å². The molecule has 9 heteroatoms.